The van der Waals surface area contributed by atoms with Gasteiger partial charge < -0.3 is 15.4 Å². The molecule has 0 bridgehead atoms. The van der Waals surface area contributed by atoms with Crippen molar-refractivity contribution in [2.24, 2.45) is 0 Å². The summed E-state index contributed by atoms with van der Waals surface area (Å²) in [4.78, 5) is 34.7. The lowest BCUT2D eigenvalue weighted by atomic mass is 10.2. The van der Waals surface area contributed by atoms with Crippen LogP contribution in [-0.4, -0.2) is 37.0 Å². The fraction of sp³-hybridized carbons (Fsp3) is 0.438. The molecule has 0 atom stereocenters. The minimum atomic E-state index is -0.344. The van der Waals surface area contributed by atoms with E-state index in [0.717, 1.165) is 4.47 Å². The van der Waals surface area contributed by atoms with Gasteiger partial charge in [0.05, 0.1) is 12.5 Å². The average Bonchev–Trinajstić information content (AvgIpc) is 2.47. The molecule has 23 heavy (non-hydrogen) atoms. The summed E-state index contributed by atoms with van der Waals surface area (Å²) in [5, 5.41) is 5.28. The molecule has 0 aliphatic carbocycles. The summed E-state index contributed by atoms with van der Waals surface area (Å²) in [5.41, 5.74) is 0.532. The van der Waals surface area contributed by atoms with Crippen LogP contribution in [0.3, 0.4) is 0 Å². The largest absolute Gasteiger partial charge is 0.463 e. The quantitative estimate of drug-likeness (QED) is 0.671. The van der Waals surface area contributed by atoms with E-state index in [4.69, 9.17) is 4.74 Å². The third kappa shape index (κ3) is 8.35. The SMILES string of the molecule is CC(C)OC(=O)CCNC(=O)CCNC(=O)c1ccc(Br)cc1. The number of hydrogen-bond donors (Lipinski definition) is 2. The number of hydrogen-bond acceptors (Lipinski definition) is 4. The summed E-state index contributed by atoms with van der Waals surface area (Å²) >= 11 is 3.30. The number of halogens is 1. The van der Waals surface area contributed by atoms with E-state index < -0.39 is 0 Å². The molecule has 0 aromatic heterocycles. The van der Waals surface area contributed by atoms with Crippen molar-refractivity contribution in [3.05, 3.63) is 34.3 Å². The van der Waals surface area contributed by atoms with Crippen molar-refractivity contribution in [1.82, 2.24) is 10.6 Å². The topological polar surface area (TPSA) is 84.5 Å². The molecule has 1 aromatic rings. The van der Waals surface area contributed by atoms with Crippen LogP contribution in [0.15, 0.2) is 28.7 Å². The number of benzene rings is 1. The predicted molar refractivity (Wildman–Crippen MR) is 89.9 cm³/mol. The molecule has 2 N–H and O–H groups in total. The van der Waals surface area contributed by atoms with Crippen LogP contribution in [-0.2, 0) is 14.3 Å². The molecule has 0 heterocycles. The minimum absolute atomic E-state index is 0.134. The number of rotatable bonds is 8. The molecule has 7 heteroatoms. The molecule has 0 aliphatic rings. The van der Waals surface area contributed by atoms with Gasteiger partial charge in [-0.05, 0) is 38.1 Å². The third-order valence-electron chi connectivity index (χ3n) is 2.76. The van der Waals surface area contributed by atoms with Crippen LogP contribution in [0.4, 0.5) is 0 Å². The second-order valence-electron chi connectivity index (χ2n) is 5.15. The first-order chi connectivity index (χ1) is 10.9. The zero-order valence-electron chi connectivity index (χ0n) is 13.2. The van der Waals surface area contributed by atoms with Gasteiger partial charge in [-0.3, -0.25) is 14.4 Å². The molecule has 0 aliphatic heterocycles. The van der Waals surface area contributed by atoms with Crippen LogP contribution in [0.5, 0.6) is 0 Å². The molecule has 126 valence electrons. The van der Waals surface area contributed by atoms with Crippen molar-refractivity contribution in [3.63, 3.8) is 0 Å². The molecule has 1 rings (SSSR count). The zero-order chi connectivity index (χ0) is 17.2. The fourth-order valence-electron chi connectivity index (χ4n) is 1.71. The number of carbonyl (C=O) groups excluding carboxylic acids is 3. The van der Waals surface area contributed by atoms with E-state index >= 15 is 0 Å². The smallest absolute Gasteiger partial charge is 0.307 e. The third-order valence-corrected chi connectivity index (χ3v) is 3.29. The Bertz CT molecular complexity index is 544. The molecule has 1 aromatic carbocycles. The molecular weight excluding hydrogens is 364 g/mol. The van der Waals surface area contributed by atoms with Crippen LogP contribution in [0, 0.1) is 0 Å². The Morgan fingerprint density at radius 3 is 2.26 bits per heavy atom. The Labute approximate surface area is 144 Å². The predicted octanol–water partition coefficient (Wildman–Crippen LogP) is 2.03. The number of nitrogens with one attached hydrogen (secondary N) is 2. The van der Waals surface area contributed by atoms with Crippen LogP contribution in [0.1, 0.15) is 37.0 Å². The van der Waals surface area contributed by atoms with Crippen molar-refractivity contribution in [1.29, 1.82) is 0 Å². The van der Waals surface area contributed by atoms with E-state index in [9.17, 15) is 14.4 Å². The summed E-state index contributed by atoms with van der Waals surface area (Å²) in [7, 11) is 0. The normalized spacial score (nSPS) is 10.3. The Morgan fingerprint density at radius 2 is 1.65 bits per heavy atom. The maximum absolute atomic E-state index is 11.8. The van der Waals surface area contributed by atoms with Crippen LogP contribution in [0.2, 0.25) is 0 Å². The molecule has 2 amide bonds. The molecule has 0 saturated carbocycles. The van der Waals surface area contributed by atoms with Gasteiger partial charge in [-0.2, -0.15) is 0 Å². The molecule has 0 saturated heterocycles. The minimum Gasteiger partial charge on any atom is -0.463 e. The van der Waals surface area contributed by atoms with E-state index in [1.807, 2.05) is 0 Å². The first-order valence-electron chi connectivity index (χ1n) is 7.38. The highest BCUT2D eigenvalue weighted by Gasteiger charge is 2.08. The number of carbonyl (C=O) groups is 3. The van der Waals surface area contributed by atoms with Crippen LogP contribution in [0.25, 0.3) is 0 Å². The van der Waals surface area contributed by atoms with Crippen molar-refractivity contribution in [2.45, 2.75) is 32.8 Å². The van der Waals surface area contributed by atoms with Crippen molar-refractivity contribution in [2.75, 3.05) is 13.1 Å². The van der Waals surface area contributed by atoms with Crippen molar-refractivity contribution >= 4 is 33.7 Å². The number of ether oxygens (including phenoxy) is 1. The maximum Gasteiger partial charge on any atom is 0.307 e. The van der Waals surface area contributed by atoms with Gasteiger partial charge in [0, 0.05) is 29.5 Å². The van der Waals surface area contributed by atoms with Gasteiger partial charge in [0.15, 0.2) is 0 Å². The maximum atomic E-state index is 11.8. The second-order valence-corrected chi connectivity index (χ2v) is 6.07. The number of amides is 2. The van der Waals surface area contributed by atoms with Gasteiger partial charge in [0.1, 0.15) is 0 Å². The van der Waals surface area contributed by atoms with Crippen LogP contribution < -0.4 is 10.6 Å². The molecule has 0 fully saturated rings. The first kappa shape index (κ1) is 19.2. The summed E-state index contributed by atoms with van der Waals surface area (Å²) < 4.78 is 5.84. The lowest BCUT2D eigenvalue weighted by Gasteiger charge is -2.09. The van der Waals surface area contributed by atoms with Gasteiger partial charge in [0.2, 0.25) is 5.91 Å². The van der Waals surface area contributed by atoms with E-state index in [2.05, 4.69) is 26.6 Å². The molecule has 0 unspecified atom stereocenters. The lowest BCUT2D eigenvalue weighted by molar-refractivity contribution is -0.147. The van der Waals surface area contributed by atoms with Crippen molar-refractivity contribution < 1.29 is 19.1 Å². The van der Waals surface area contributed by atoms with E-state index in [1.54, 1.807) is 38.1 Å². The Hall–Kier alpha value is -1.89. The van der Waals surface area contributed by atoms with Gasteiger partial charge >= 0.3 is 5.97 Å². The Morgan fingerprint density at radius 1 is 1.04 bits per heavy atom. The highest BCUT2D eigenvalue weighted by molar-refractivity contribution is 9.10. The summed E-state index contributed by atoms with van der Waals surface area (Å²) in [6, 6.07) is 6.94. The van der Waals surface area contributed by atoms with Gasteiger partial charge in [-0.15, -0.1) is 0 Å². The van der Waals surface area contributed by atoms with Crippen molar-refractivity contribution in [3.8, 4) is 0 Å². The van der Waals surface area contributed by atoms with E-state index in [1.165, 1.54) is 0 Å². The van der Waals surface area contributed by atoms with Crippen LogP contribution >= 0.6 is 15.9 Å². The Kier molecular flexibility index (Phi) is 8.32. The average molecular weight is 385 g/mol. The molecular formula is C16H21BrN2O4. The number of esters is 1. The lowest BCUT2D eigenvalue weighted by Crippen LogP contribution is -2.32. The van der Waals surface area contributed by atoms with Gasteiger partial charge in [-0.25, -0.2) is 0 Å². The summed E-state index contributed by atoms with van der Waals surface area (Å²) in [6.07, 6.45) is 0.128. The molecule has 6 nitrogen and oxygen atoms in total. The Balaban J connectivity index is 2.17. The molecule has 0 radical (unpaired) electrons. The summed E-state index contributed by atoms with van der Waals surface area (Å²) in [5.74, 6) is -0.798. The highest BCUT2D eigenvalue weighted by Crippen LogP contribution is 2.10. The summed E-state index contributed by atoms with van der Waals surface area (Å²) in [6.45, 7) is 4.00. The monoisotopic (exact) mass is 384 g/mol. The highest BCUT2D eigenvalue weighted by atomic mass is 79.9. The fourth-order valence-corrected chi connectivity index (χ4v) is 1.97. The van der Waals surface area contributed by atoms with E-state index in [-0.39, 0.29) is 49.8 Å². The second kappa shape index (κ2) is 9.99. The van der Waals surface area contributed by atoms with Gasteiger partial charge in [0.25, 0.3) is 5.91 Å². The van der Waals surface area contributed by atoms with E-state index in [0.29, 0.717) is 5.56 Å². The molecule has 0 spiro atoms. The standard InChI is InChI=1S/C16H21BrN2O4/c1-11(2)23-15(21)8-10-18-14(20)7-9-19-16(22)12-3-5-13(17)6-4-12/h3-6,11H,7-10H2,1-2H3,(H,18,20)(H,19,22). The first-order valence-corrected chi connectivity index (χ1v) is 8.17. The van der Waals surface area contributed by atoms with Gasteiger partial charge in [-0.1, -0.05) is 15.9 Å². The zero-order valence-corrected chi connectivity index (χ0v) is 14.8.